The molecule has 0 aromatic carbocycles. The van der Waals surface area contributed by atoms with Crippen LogP contribution in [0.1, 0.15) is 58.3 Å². The van der Waals surface area contributed by atoms with Gasteiger partial charge in [0.15, 0.2) is 0 Å². The Bertz CT molecular complexity index is 245. The monoisotopic (exact) mass is 236 g/mol. The maximum absolute atomic E-state index is 2.87. The number of hydrogen-bond donors (Lipinski definition) is 0. The molecule has 2 aliphatic heterocycles. The molecule has 2 atom stereocenters. The van der Waals surface area contributed by atoms with Crippen LogP contribution in [0.3, 0.4) is 0 Å². The van der Waals surface area contributed by atoms with E-state index in [9.17, 15) is 0 Å². The molecule has 2 nitrogen and oxygen atoms in total. The fourth-order valence-corrected chi connectivity index (χ4v) is 4.31. The fourth-order valence-electron chi connectivity index (χ4n) is 4.31. The predicted octanol–water partition coefficient (Wildman–Crippen LogP) is 2.88. The molecular formula is C15H28N2. The lowest BCUT2D eigenvalue weighted by atomic mass is 10.0. The van der Waals surface area contributed by atoms with Crippen molar-refractivity contribution in [2.75, 3.05) is 19.6 Å². The smallest absolute Gasteiger partial charge is 0.0224 e. The highest BCUT2D eigenvalue weighted by Crippen LogP contribution is 2.30. The van der Waals surface area contributed by atoms with Gasteiger partial charge >= 0.3 is 0 Å². The summed E-state index contributed by atoms with van der Waals surface area (Å²) >= 11 is 0. The summed E-state index contributed by atoms with van der Waals surface area (Å²) in [5.41, 5.74) is 0. The van der Waals surface area contributed by atoms with Crippen molar-refractivity contribution in [3.63, 3.8) is 0 Å². The second-order valence-electron chi connectivity index (χ2n) is 6.48. The molecule has 0 bridgehead atoms. The minimum atomic E-state index is 0.799. The molecule has 17 heavy (non-hydrogen) atoms. The zero-order valence-electron chi connectivity index (χ0n) is 11.4. The standard InChI is InChI=1S/C15H28N2/c1-13-11-16-10-6-9-15(16)12-17(13)14-7-4-2-3-5-8-14/h13-15H,2-12H2,1H3. The Hall–Kier alpha value is -0.0800. The first-order valence-corrected chi connectivity index (χ1v) is 7.84. The molecule has 3 aliphatic rings. The van der Waals surface area contributed by atoms with Gasteiger partial charge in [-0.3, -0.25) is 9.80 Å². The second kappa shape index (κ2) is 5.27. The Morgan fingerprint density at radius 3 is 2.24 bits per heavy atom. The fraction of sp³-hybridized carbons (Fsp3) is 1.00. The van der Waals surface area contributed by atoms with Crippen molar-refractivity contribution in [1.82, 2.24) is 9.80 Å². The highest BCUT2D eigenvalue weighted by Gasteiger charge is 2.37. The van der Waals surface area contributed by atoms with E-state index in [0.717, 1.165) is 18.1 Å². The molecule has 98 valence electrons. The van der Waals surface area contributed by atoms with E-state index >= 15 is 0 Å². The van der Waals surface area contributed by atoms with E-state index in [-0.39, 0.29) is 0 Å². The highest BCUT2D eigenvalue weighted by atomic mass is 15.3. The Labute approximate surface area is 106 Å². The summed E-state index contributed by atoms with van der Waals surface area (Å²) in [5, 5.41) is 0. The van der Waals surface area contributed by atoms with Gasteiger partial charge in [-0.1, -0.05) is 25.7 Å². The van der Waals surface area contributed by atoms with Crippen molar-refractivity contribution in [2.45, 2.75) is 76.4 Å². The minimum Gasteiger partial charge on any atom is -0.298 e. The minimum absolute atomic E-state index is 0.799. The van der Waals surface area contributed by atoms with E-state index in [1.54, 1.807) is 0 Å². The summed E-state index contributed by atoms with van der Waals surface area (Å²) in [7, 11) is 0. The first-order valence-electron chi connectivity index (χ1n) is 7.84. The molecule has 2 unspecified atom stereocenters. The molecule has 0 spiro atoms. The van der Waals surface area contributed by atoms with Gasteiger partial charge < -0.3 is 0 Å². The van der Waals surface area contributed by atoms with Crippen LogP contribution in [0.15, 0.2) is 0 Å². The van der Waals surface area contributed by atoms with E-state index in [2.05, 4.69) is 16.7 Å². The van der Waals surface area contributed by atoms with Gasteiger partial charge in [-0.15, -0.1) is 0 Å². The summed E-state index contributed by atoms with van der Waals surface area (Å²) in [5.74, 6) is 0. The van der Waals surface area contributed by atoms with E-state index in [0.29, 0.717) is 0 Å². The van der Waals surface area contributed by atoms with Gasteiger partial charge in [0, 0.05) is 31.2 Å². The summed E-state index contributed by atoms with van der Waals surface area (Å²) in [6.45, 7) is 6.53. The van der Waals surface area contributed by atoms with Crippen molar-refractivity contribution in [2.24, 2.45) is 0 Å². The average Bonchev–Trinajstić information content (AvgIpc) is 2.62. The number of rotatable bonds is 1. The van der Waals surface area contributed by atoms with Gasteiger partial charge in [-0.2, -0.15) is 0 Å². The molecule has 0 radical (unpaired) electrons. The first kappa shape index (κ1) is 12.0. The first-order chi connectivity index (χ1) is 8.34. The molecule has 2 saturated heterocycles. The normalized spacial score (nSPS) is 37.9. The molecule has 2 heteroatoms. The molecule has 1 aliphatic carbocycles. The molecule has 0 aromatic rings. The maximum atomic E-state index is 2.87. The maximum Gasteiger partial charge on any atom is 0.0224 e. The van der Waals surface area contributed by atoms with Crippen molar-refractivity contribution >= 4 is 0 Å². The summed E-state index contributed by atoms with van der Waals surface area (Å²) in [4.78, 5) is 5.62. The lowest BCUT2D eigenvalue weighted by Crippen LogP contribution is -2.57. The van der Waals surface area contributed by atoms with Crippen LogP contribution in [0.2, 0.25) is 0 Å². The van der Waals surface area contributed by atoms with E-state index in [1.807, 2.05) is 0 Å². The van der Waals surface area contributed by atoms with E-state index in [1.165, 1.54) is 71.0 Å². The lowest BCUT2D eigenvalue weighted by molar-refractivity contribution is 0.0231. The predicted molar refractivity (Wildman–Crippen MR) is 72.3 cm³/mol. The van der Waals surface area contributed by atoms with Crippen LogP contribution in [-0.4, -0.2) is 47.6 Å². The average molecular weight is 236 g/mol. The van der Waals surface area contributed by atoms with Crippen LogP contribution in [0.5, 0.6) is 0 Å². The molecule has 0 N–H and O–H groups in total. The van der Waals surface area contributed by atoms with Gasteiger partial charge in [-0.25, -0.2) is 0 Å². The number of fused-ring (bicyclic) bond motifs is 1. The van der Waals surface area contributed by atoms with Gasteiger partial charge in [0.05, 0.1) is 0 Å². The molecule has 1 saturated carbocycles. The second-order valence-corrected chi connectivity index (χ2v) is 6.48. The van der Waals surface area contributed by atoms with Gasteiger partial charge in [0.2, 0.25) is 0 Å². The largest absolute Gasteiger partial charge is 0.298 e. The summed E-state index contributed by atoms with van der Waals surface area (Å²) < 4.78 is 0. The Morgan fingerprint density at radius 2 is 1.47 bits per heavy atom. The zero-order chi connectivity index (χ0) is 11.7. The zero-order valence-corrected chi connectivity index (χ0v) is 11.4. The highest BCUT2D eigenvalue weighted by molar-refractivity contribution is 4.93. The molecule has 3 rings (SSSR count). The number of nitrogens with zero attached hydrogens (tertiary/aromatic N) is 2. The van der Waals surface area contributed by atoms with Crippen molar-refractivity contribution < 1.29 is 0 Å². The van der Waals surface area contributed by atoms with Gasteiger partial charge in [0.25, 0.3) is 0 Å². The van der Waals surface area contributed by atoms with Gasteiger partial charge in [-0.05, 0) is 39.2 Å². The van der Waals surface area contributed by atoms with Crippen LogP contribution in [-0.2, 0) is 0 Å². The Balaban J connectivity index is 1.64. The molecule has 2 heterocycles. The lowest BCUT2D eigenvalue weighted by Gasteiger charge is -2.46. The third-order valence-corrected chi connectivity index (χ3v) is 5.28. The van der Waals surface area contributed by atoms with E-state index < -0.39 is 0 Å². The molecule has 0 amide bonds. The van der Waals surface area contributed by atoms with Crippen LogP contribution >= 0.6 is 0 Å². The molecule has 3 fully saturated rings. The quantitative estimate of drug-likeness (QED) is 0.646. The SMILES string of the molecule is CC1CN2CCCC2CN1C1CCCCCC1. The molecule has 0 aromatic heterocycles. The Morgan fingerprint density at radius 1 is 0.765 bits per heavy atom. The van der Waals surface area contributed by atoms with E-state index in [4.69, 9.17) is 0 Å². The van der Waals surface area contributed by atoms with Crippen molar-refractivity contribution in [3.05, 3.63) is 0 Å². The third-order valence-electron chi connectivity index (χ3n) is 5.28. The molecular weight excluding hydrogens is 208 g/mol. The number of piperazine rings is 1. The van der Waals surface area contributed by atoms with Crippen LogP contribution in [0.4, 0.5) is 0 Å². The topological polar surface area (TPSA) is 6.48 Å². The van der Waals surface area contributed by atoms with Crippen LogP contribution in [0.25, 0.3) is 0 Å². The Kier molecular flexibility index (Phi) is 3.72. The van der Waals surface area contributed by atoms with Crippen LogP contribution in [0, 0.1) is 0 Å². The van der Waals surface area contributed by atoms with Crippen LogP contribution < -0.4 is 0 Å². The van der Waals surface area contributed by atoms with Gasteiger partial charge in [0.1, 0.15) is 0 Å². The third kappa shape index (κ3) is 2.53. The van der Waals surface area contributed by atoms with Crippen molar-refractivity contribution in [3.8, 4) is 0 Å². The van der Waals surface area contributed by atoms with Crippen molar-refractivity contribution in [1.29, 1.82) is 0 Å². The summed E-state index contributed by atoms with van der Waals surface area (Å²) in [6, 6.07) is 2.61. The number of hydrogen-bond acceptors (Lipinski definition) is 2. The summed E-state index contributed by atoms with van der Waals surface area (Å²) in [6.07, 6.45) is 11.7.